The van der Waals surface area contributed by atoms with Gasteiger partial charge in [0, 0.05) is 18.7 Å². The van der Waals surface area contributed by atoms with E-state index in [-0.39, 0.29) is 22.2 Å². The molecule has 1 fully saturated rings. The number of aromatic nitrogens is 2. The number of anilines is 1. The summed E-state index contributed by atoms with van der Waals surface area (Å²) in [7, 11) is -3.51. The van der Waals surface area contributed by atoms with Crippen molar-refractivity contribution in [2.45, 2.75) is 50.1 Å². The van der Waals surface area contributed by atoms with E-state index in [1.54, 1.807) is 12.1 Å². The minimum absolute atomic E-state index is 0.0372. The summed E-state index contributed by atoms with van der Waals surface area (Å²) in [6.45, 7) is 2.46. The molecular weight excluding hydrogens is 382 g/mol. The molecule has 0 spiro atoms. The van der Waals surface area contributed by atoms with Gasteiger partial charge in [0.1, 0.15) is 0 Å². The number of unbranched alkanes of at least 4 members (excludes halogenated alkanes) is 1. The second-order valence-electron chi connectivity index (χ2n) is 6.63. The highest BCUT2D eigenvalue weighted by atomic mass is 32.2. The number of nitrogens with zero attached hydrogens (tertiary/aromatic N) is 2. The molecule has 1 aliphatic carbocycles. The molecule has 0 bridgehead atoms. The Hall–Kier alpha value is -2.72. The number of hydrogen-bond donors (Lipinski definition) is 3. The first kappa shape index (κ1) is 20.0. The molecule has 9 nitrogen and oxygen atoms in total. The second kappa shape index (κ2) is 8.53. The summed E-state index contributed by atoms with van der Waals surface area (Å²) in [6, 6.07) is 8.74. The van der Waals surface area contributed by atoms with Crippen LogP contribution < -0.4 is 21.1 Å². The molecule has 1 aromatic carbocycles. The van der Waals surface area contributed by atoms with Crippen molar-refractivity contribution in [3.8, 4) is 0 Å². The Bertz CT molecular complexity index is 997. The zero-order valence-corrected chi connectivity index (χ0v) is 16.3. The van der Waals surface area contributed by atoms with Gasteiger partial charge in [0.15, 0.2) is 5.69 Å². The fourth-order valence-electron chi connectivity index (χ4n) is 2.44. The van der Waals surface area contributed by atoms with Crippen LogP contribution in [0.15, 0.2) is 46.1 Å². The van der Waals surface area contributed by atoms with E-state index in [9.17, 15) is 18.0 Å². The smallest absolute Gasteiger partial charge is 0.290 e. The van der Waals surface area contributed by atoms with Crippen LogP contribution in [0.4, 0.5) is 5.69 Å². The van der Waals surface area contributed by atoms with Crippen molar-refractivity contribution in [1.82, 2.24) is 19.9 Å². The van der Waals surface area contributed by atoms with Crippen LogP contribution in [0.2, 0.25) is 0 Å². The fraction of sp³-hybridized carbons (Fsp3) is 0.389. The van der Waals surface area contributed by atoms with Gasteiger partial charge in [-0.3, -0.25) is 20.4 Å². The van der Waals surface area contributed by atoms with E-state index in [1.165, 1.54) is 28.9 Å². The molecule has 0 atom stereocenters. The molecule has 150 valence electrons. The summed E-state index contributed by atoms with van der Waals surface area (Å²) in [4.78, 5) is 24.2. The van der Waals surface area contributed by atoms with E-state index in [1.807, 2.05) is 6.92 Å². The maximum Gasteiger partial charge on any atom is 0.290 e. The molecule has 1 aromatic heterocycles. The molecule has 0 unspecified atom stereocenters. The van der Waals surface area contributed by atoms with Gasteiger partial charge in [-0.1, -0.05) is 13.3 Å². The normalized spacial score (nSPS) is 13.9. The summed E-state index contributed by atoms with van der Waals surface area (Å²) < 4.78 is 28.2. The van der Waals surface area contributed by atoms with E-state index in [0.29, 0.717) is 12.2 Å². The number of carbonyl (C=O) groups is 1. The van der Waals surface area contributed by atoms with Crippen molar-refractivity contribution >= 4 is 21.6 Å². The number of carbonyl (C=O) groups excluding carboxylic acids is 1. The van der Waals surface area contributed by atoms with Crippen molar-refractivity contribution in [2.75, 3.05) is 5.43 Å². The topological polar surface area (TPSA) is 122 Å². The molecule has 3 N–H and O–H groups in total. The molecular formula is C18H23N5O4S. The van der Waals surface area contributed by atoms with Crippen molar-refractivity contribution in [2.24, 2.45) is 0 Å². The maximum atomic E-state index is 12.3. The Labute approximate surface area is 163 Å². The maximum absolute atomic E-state index is 12.3. The molecule has 0 saturated heterocycles. The quantitative estimate of drug-likeness (QED) is 0.540. The monoisotopic (exact) mass is 405 g/mol. The van der Waals surface area contributed by atoms with Gasteiger partial charge in [-0.15, -0.1) is 0 Å². The number of rotatable bonds is 9. The molecule has 1 amide bonds. The van der Waals surface area contributed by atoms with Gasteiger partial charge >= 0.3 is 0 Å². The van der Waals surface area contributed by atoms with Gasteiger partial charge in [-0.05, 0) is 49.6 Å². The first-order valence-corrected chi connectivity index (χ1v) is 10.6. The zero-order chi connectivity index (χ0) is 20.1. The third-order valence-electron chi connectivity index (χ3n) is 4.21. The third-order valence-corrected chi connectivity index (χ3v) is 5.74. The molecule has 1 aliphatic rings. The predicted molar refractivity (Wildman–Crippen MR) is 104 cm³/mol. The number of hydrazine groups is 1. The van der Waals surface area contributed by atoms with Gasteiger partial charge in [-0.2, -0.15) is 5.10 Å². The Morgan fingerprint density at radius 3 is 2.54 bits per heavy atom. The zero-order valence-electron chi connectivity index (χ0n) is 15.5. The molecule has 10 heteroatoms. The summed E-state index contributed by atoms with van der Waals surface area (Å²) in [5.74, 6) is -0.502. The Morgan fingerprint density at radius 1 is 1.18 bits per heavy atom. The summed E-state index contributed by atoms with van der Waals surface area (Å²) in [5.41, 5.74) is 5.56. The summed E-state index contributed by atoms with van der Waals surface area (Å²) in [6.07, 6.45) is 3.44. The fourth-order valence-corrected chi connectivity index (χ4v) is 3.74. The number of sulfonamides is 1. The summed E-state index contributed by atoms with van der Waals surface area (Å²) in [5, 5.41) is 4.07. The van der Waals surface area contributed by atoms with Crippen molar-refractivity contribution in [3.05, 3.63) is 52.4 Å². The molecule has 1 heterocycles. The van der Waals surface area contributed by atoms with Crippen molar-refractivity contribution in [3.63, 3.8) is 0 Å². The molecule has 3 rings (SSSR count). The Kier molecular flexibility index (Phi) is 6.10. The number of hydrogen-bond acceptors (Lipinski definition) is 6. The number of nitrogens with one attached hydrogen (secondary N) is 3. The molecule has 28 heavy (non-hydrogen) atoms. The van der Waals surface area contributed by atoms with Crippen LogP contribution in [0.1, 0.15) is 43.1 Å². The lowest BCUT2D eigenvalue weighted by molar-refractivity contribution is 0.0955. The highest BCUT2D eigenvalue weighted by molar-refractivity contribution is 7.89. The van der Waals surface area contributed by atoms with Gasteiger partial charge in [0.2, 0.25) is 10.0 Å². The van der Waals surface area contributed by atoms with Crippen LogP contribution in [-0.4, -0.2) is 30.1 Å². The van der Waals surface area contributed by atoms with Gasteiger partial charge in [0.05, 0.1) is 10.6 Å². The van der Waals surface area contributed by atoms with E-state index in [2.05, 4.69) is 20.7 Å². The second-order valence-corrected chi connectivity index (χ2v) is 8.35. The van der Waals surface area contributed by atoms with E-state index < -0.39 is 15.9 Å². The van der Waals surface area contributed by atoms with E-state index in [4.69, 9.17) is 0 Å². The lowest BCUT2D eigenvalue weighted by atomic mass is 10.3. The number of amides is 1. The van der Waals surface area contributed by atoms with Crippen LogP contribution in [0.25, 0.3) is 0 Å². The highest BCUT2D eigenvalue weighted by Crippen LogP contribution is 2.22. The SMILES string of the molecule is CCCCn1nc(C(=O)NNc2ccc(S(=O)(=O)NC3CC3)cc2)ccc1=O. The molecule has 0 aliphatic heterocycles. The third kappa shape index (κ3) is 5.17. The minimum atomic E-state index is -3.51. The first-order chi connectivity index (χ1) is 13.4. The van der Waals surface area contributed by atoms with Crippen LogP contribution in [0.5, 0.6) is 0 Å². The van der Waals surface area contributed by atoms with Crippen LogP contribution >= 0.6 is 0 Å². The lowest BCUT2D eigenvalue weighted by Gasteiger charge is -2.10. The average molecular weight is 405 g/mol. The number of aryl methyl sites for hydroxylation is 1. The number of benzene rings is 1. The molecule has 2 aromatic rings. The van der Waals surface area contributed by atoms with Crippen molar-refractivity contribution in [1.29, 1.82) is 0 Å². The van der Waals surface area contributed by atoms with Gasteiger partial charge < -0.3 is 0 Å². The lowest BCUT2D eigenvalue weighted by Crippen LogP contribution is -2.33. The highest BCUT2D eigenvalue weighted by Gasteiger charge is 2.27. The van der Waals surface area contributed by atoms with E-state index >= 15 is 0 Å². The van der Waals surface area contributed by atoms with Crippen LogP contribution in [0.3, 0.4) is 0 Å². The van der Waals surface area contributed by atoms with E-state index in [0.717, 1.165) is 25.7 Å². The Morgan fingerprint density at radius 2 is 1.89 bits per heavy atom. The molecule has 1 saturated carbocycles. The first-order valence-electron chi connectivity index (χ1n) is 9.16. The van der Waals surface area contributed by atoms with Gasteiger partial charge in [-0.25, -0.2) is 17.8 Å². The van der Waals surface area contributed by atoms with Crippen LogP contribution in [0, 0.1) is 0 Å². The predicted octanol–water partition coefficient (Wildman–Crippen LogP) is 1.24. The average Bonchev–Trinajstić information content (AvgIpc) is 3.49. The molecule has 0 radical (unpaired) electrons. The minimum Gasteiger partial charge on any atom is -0.298 e. The van der Waals surface area contributed by atoms with Gasteiger partial charge in [0.25, 0.3) is 11.5 Å². The van der Waals surface area contributed by atoms with Crippen molar-refractivity contribution < 1.29 is 13.2 Å². The largest absolute Gasteiger partial charge is 0.298 e. The Balaban J connectivity index is 1.60. The standard InChI is InChI=1S/C18H23N5O4S/c1-2-3-12-23-17(24)11-10-16(21-23)18(25)20-19-13-6-8-15(9-7-13)28(26,27)22-14-4-5-14/h6-11,14,19,22H,2-5,12H2,1H3,(H,20,25). The van der Waals surface area contributed by atoms with Crippen LogP contribution in [-0.2, 0) is 16.6 Å². The summed E-state index contributed by atoms with van der Waals surface area (Å²) >= 11 is 0.